The molecule has 4 rings (SSSR count). The number of phenolic OH excluding ortho intramolecular Hbond substituents is 1. The zero-order valence-corrected chi connectivity index (χ0v) is 14.2. The minimum absolute atomic E-state index is 0.122. The third kappa shape index (κ3) is 2.54. The average molecular weight is 346 g/mol. The number of rotatable bonds is 3. The van der Waals surface area contributed by atoms with E-state index >= 15 is 0 Å². The summed E-state index contributed by atoms with van der Waals surface area (Å²) in [5, 5.41) is 13.8. The average Bonchev–Trinajstić information content (AvgIpc) is 2.68. The molecule has 0 aliphatic carbocycles. The van der Waals surface area contributed by atoms with E-state index in [-0.39, 0.29) is 11.7 Å². The van der Waals surface area contributed by atoms with E-state index in [0.29, 0.717) is 22.6 Å². The minimum atomic E-state index is -0.560. The first-order valence-electron chi connectivity index (χ1n) is 8.30. The van der Waals surface area contributed by atoms with E-state index in [1.807, 2.05) is 48.5 Å². The number of phenols is 1. The van der Waals surface area contributed by atoms with E-state index in [1.165, 1.54) is 0 Å². The normalized spacial score (nSPS) is 16.0. The van der Waals surface area contributed by atoms with Gasteiger partial charge >= 0.3 is 0 Å². The summed E-state index contributed by atoms with van der Waals surface area (Å²) in [6.07, 6.45) is -0.560. The molecule has 5 nitrogen and oxygen atoms in total. The highest BCUT2D eigenvalue weighted by Crippen LogP contribution is 2.42. The number of ether oxygens (including phenoxy) is 1. The zero-order chi connectivity index (χ0) is 18.1. The topological polar surface area (TPSA) is 61.8 Å². The predicted octanol–water partition coefficient (Wildman–Crippen LogP) is 4.17. The Morgan fingerprint density at radius 1 is 0.962 bits per heavy atom. The van der Waals surface area contributed by atoms with Crippen LogP contribution in [0.1, 0.15) is 22.1 Å². The van der Waals surface area contributed by atoms with Crippen LogP contribution in [-0.4, -0.2) is 18.1 Å². The van der Waals surface area contributed by atoms with Crippen LogP contribution in [0.3, 0.4) is 0 Å². The molecule has 1 aliphatic rings. The van der Waals surface area contributed by atoms with Crippen LogP contribution in [0, 0.1) is 0 Å². The van der Waals surface area contributed by atoms with E-state index in [0.717, 1.165) is 5.69 Å². The van der Waals surface area contributed by atoms with Gasteiger partial charge in [0.2, 0.25) is 0 Å². The molecule has 2 N–H and O–H groups in total. The third-order valence-electron chi connectivity index (χ3n) is 4.50. The van der Waals surface area contributed by atoms with Crippen LogP contribution in [0.2, 0.25) is 0 Å². The van der Waals surface area contributed by atoms with E-state index in [9.17, 15) is 9.90 Å². The lowest BCUT2D eigenvalue weighted by atomic mass is 10.0. The van der Waals surface area contributed by atoms with E-state index < -0.39 is 6.17 Å². The van der Waals surface area contributed by atoms with Gasteiger partial charge in [0.05, 0.1) is 18.4 Å². The van der Waals surface area contributed by atoms with Crippen molar-refractivity contribution in [3.05, 3.63) is 83.9 Å². The fourth-order valence-corrected chi connectivity index (χ4v) is 3.27. The molecular weight excluding hydrogens is 328 g/mol. The van der Waals surface area contributed by atoms with Crippen molar-refractivity contribution in [3.63, 3.8) is 0 Å². The predicted molar refractivity (Wildman–Crippen MR) is 101 cm³/mol. The molecule has 3 aromatic rings. The van der Waals surface area contributed by atoms with Crippen molar-refractivity contribution in [2.75, 3.05) is 17.3 Å². The van der Waals surface area contributed by atoms with Crippen LogP contribution in [0.4, 0.5) is 11.4 Å². The van der Waals surface area contributed by atoms with Crippen molar-refractivity contribution in [2.24, 2.45) is 0 Å². The maximum atomic E-state index is 13.3. The second kappa shape index (κ2) is 6.44. The lowest BCUT2D eigenvalue weighted by Crippen LogP contribution is -2.43. The van der Waals surface area contributed by atoms with Crippen molar-refractivity contribution in [3.8, 4) is 11.5 Å². The molecular formula is C21H18N2O3. The van der Waals surface area contributed by atoms with Gasteiger partial charge < -0.3 is 15.2 Å². The number of nitrogens with zero attached hydrogens (tertiary/aromatic N) is 1. The first-order chi connectivity index (χ1) is 12.7. The molecule has 0 radical (unpaired) electrons. The Labute approximate surface area is 151 Å². The Bertz CT molecular complexity index is 971. The van der Waals surface area contributed by atoms with Crippen molar-refractivity contribution >= 4 is 17.3 Å². The highest BCUT2D eigenvalue weighted by Gasteiger charge is 2.36. The fourth-order valence-electron chi connectivity index (χ4n) is 3.27. The number of methoxy groups -OCH3 is 1. The number of fused-ring (bicyclic) bond motifs is 1. The molecule has 26 heavy (non-hydrogen) atoms. The molecule has 0 bridgehead atoms. The van der Waals surface area contributed by atoms with Gasteiger partial charge in [-0.15, -0.1) is 0 Å². The molecule has 1 amide bonds. The van der Waals surface area contributed by atoms with Gasteiger partial charge in [-0.25, -0.2) is 0 Å². The Morgan fingerprint density at radius 2 is 1.65 bits per heavy atom. The van der Waals surface area contributed by atoms with Gasteiger partial charge in [0.25, 0.3) is 5.91 Å². The lowest BCUT2D eigenvalue weighted by Gasteiger charge is -2.38. The van der Waals surface area contributed by atoms with Crippen LogP contribution >= 0.6 is 0 Å². The summed E-state index contributed by atoms with van der Waals surface area (Å²) in [5.74, 6) is 0.552. The Balaban J connectivity index is 1.92. The van der Waals surface area contributed by atoms with Crippen LogP contribution in [-0.2, 0) is 0 Å². The molecule has 1 atom stereocenters. The SMILES string of the molecule is COc1ccccc1N1C(=O)c2ccccc2NC1c1ccccc1O. The molecule has 0 saturated heterocycles. The molecule has 1 heterocycles. The zero-order valence-electron chi connectivity index (χ0n) is 14.2. The van der Waals surface area contributed by atoms with Crippen molar-refractivity contribution in [2.45, 2.75) is 6.17 Å². The number of nitrogens with one attached hydrogen (secondary N) is 1. The maximum Gasteiger partial charge on any atom is 0.262 e. The van der Waals surface area contributed by atoms with E-state index in [2.05, 4.69) is 5.32 Å². The Hall–Kier alpha value is -3.47. The summed E-state index contributed by atoms with van der Waals surface area (Å²) >= 11 is 0. The van der Waals surface area contributed by atoms with E-state index in [1.54, 1.807) is 36.3 Å². The molecule has 1 unspecified atom stereocenters. The summed E-state index contributed by atoms with van der Waals surface area (Å²) < 4.78 is 5.47. The number of benzene rings is 3. The number of amides is 1. The number of para-hydroxylation sites is 4. The monoisotopic (exact) mass is 346 g/mol. The highest BCUT2D eigenvalue weighted by atomic mass is 16.5. The van der Waals surface area contributed by atoms with Crippen molar-refractivity contribution in [1.29, 1.82) is 0 Å². The van der Waals surface area contributed by atoms with Crippen LogP contribution in [0.25, 0.3) is 0 Å². The number of anilines is 2. The molecule has 0 fully saturated rings. The summed E-state index contributed by atoms with van der Waals surface area (Å²) in [6.45, 7) is 0. The highest BCUT2D eigenvalue weighted by molar-refractivity contribution is 6.12. The number of aromatic hydroxyl groups is 1. The molecule has 0 aromatic heterocycles. The summed E-state index contributed by atoms with van der Waals surface area (Å²) in [6, 6.07) is 21.7. The molecule has 0 saturated carbocycles. The smallest absolute Gasteiger partial charge is 0.262 e. The Kier molecular flexibility index (Phi) is 3.97. The summed E-state index contributed by atoms with van der Waals surface area (Å²) in [4.78, 5) is 15.0. The molecule has 3 aromatic carbocycles. The van der Waals surface area contributed by atoms with Gasteiger partial charge in [-0.05, 0) is 30.3 Å². The lowest BCUT2D eigenvalue weighted by molar-refractivity contribution is 0.0974. The maximum absolute atomic E-state index is 13.3. The van der Waals surface area contributed by atoms with Gasteiger partial charge in [0.1, 0.15) is 17.7 Å². The number of hydrogen-bond acceptors (Lipinski definition) is 4. The Morgan fingerprint density at radius 3 is 2.46 bits per heavy atom. The van der Waals surface area contributed by atoms with Gasteiger partial charge in [0.15, 0.2) is 0 Å². The van der Waals surface area contributed by atoms with Crippen LogP contribution in [0.15, 0.2) is 72.8 Å². The molecule has 5 heteroatoms. The number of carbonyl (C=O) groups is 1. The summed E-state index contributed by atoms with van der Waals surface area (Å²) in [5.41, 5.74) is 2.55. The van der Waals surface area contributed by atoms with E-state index in [4.69, 9.17) is 4.74 Å². The largest absolute Gasteiger partial charge is 0.508 e. The quantitative estimate of drug-likeness (QED) is 0.747. The van der Waals surface area contributed by atoms with Crippen molar-refractivity contribution in [1.82, 2.24) is 0 Å². The second-order valence-corrected chi connectivity index (χ2v) is 6.00. The number of hydrogen-bond donors (Lipinski definition) is 2. The first kappa shape index (κ1) is 16.0. The molecule has 0 spiro atoms. The second-order valence-electron chi connectivity index (χ2n) is 6.00. The van der Waals surface area contributed by atoms with Crippen LogP contribution < -0.4 is 15.0 Å². The molecule has 130 valence electrons. The van der Waals surface area contributed by atoms with Crippen LogP contribution in [0.5, 0.6) is 11.5 Å². The molecule has 1 aliphatic heterocycles. The standard InChI is InChI=1S/C21H18N2O3/c1-26-19-13-7-5-11-17(19)23-20(15-9-3-6-12-18(15)24)22-16-10-4-2-8-14(16)21(23)25/h2-13,20,22,24H,1H3. The van der Waals surface area contributed by atoms with Gasteiger partial charge in [0, 0.05) is 11.3 Å². The third-order valence-corrected chi connectivity index (χ3v) is 4.50. The van der Waals surface area contributed by atoms with Crippen molar-refractivity contribution < 1.29 is 14.6 Å². The van der Waals surface area contributed by atoms with Gasteiger partial charge in [-0.3, -0.25) is 9.69 Å². The minimum Gasteiger partial charge on any atom is -0.508 e. The van der Waals surface area contributed by atoms with Gasteiger partial charge in [-0.2, -0.15) is 0 Å². The first-order valence-corrected chi connectivity index (χ1v) is 8.30. The fraction of sp³-hybridized carbons (Fsp3) is 0.0952. The van der Waals surface area contributed by atoms with Gasteiger partial charge in [-0.1, -0.05) is 42.5 Å². The summed E-state index contributed by atoms with van der Waals surface area (Å²) in [7, 11) is 1.57. The number of carbonyl (C=O) groups excluding carboxylic acids is 1.